The van der Waals surface area contributed by atoms with Gasteiger partial charge in [0.15, 0.2) is 6.61 Å². The lowest BCUT2D eigenvalue weighted by molar-refractivity contribution is -0.124. The molecule has 1 aliphatic rings. The van der Waals surface area contributed by atoms with Gasteiger partial charge in [-0.05, 0) is 59.2 Å². The number of carbonyl (C=O) groups is 2. The highest BCUT2D eigenvalue weighted by Crippen LogP contribution is 2.38. The number of nitrogens with one attached hydrogen (secondary N) is 1. The molecule has 1 aliphatic carbocycles. The Morgan fingerprint density at radius 3 is 2.71 bits per heavy atom. The number of fused-ring (bicyclic) bond motifs is 2. The Labute approximate surface area is 206 Å². The Hall–Kier alpha value is -3.48. The van der Waals surface area contributed by atoms with Gasteiger partial charge in [0, 0.05) is 21.8 Å². The lowest BCUT2D eigenvalue weighted by Gasteiger charge is -2.12. The Balaban J connectivity index is 1.37. The van der Waals surface area contributed by atoms with Crippen molar-refractivity contribution < 1.29 is 14.3 Å². The van der Waals surface area contributed by atoms with Gasteiger partial charge in [0.1, 0.15) is 0 Å². The van der Waals surface area contributed by atoms with Crippen molar-refractivity contribution in [2.45, 2.75) is 19.4 Å². The molecule has 5 rings (SSSR count). The number of aromatic nitrogens is 1. The van der Waals surface area contributed by atoms with E-state index in [1.165, 1.54) is 0 Å². The van der Waals surface area contributed by atoms with E-state index in [1.54, 1.807) is 17.4 Å². The number of hydrogen-bond acceptors (Lipinski definition) is 5. The number of halogens is 1. The average molecular weight is 489 g/mol. The maximum absolute atomic E-state index is 13.2. The van der Waals surface area contributed by atoms with Crippen molar-refractivity contribution in [1.82, 2.24) is 10.3 Å². The van der Waals surface area contributed by atoms with Gasteiger partial charge in [-0.25, -0.2) is 9.78 Å². The molecule has 2 heterocycles. The molecule has 0 spiro atoms. The molecule has 4 aromatic rings. The molecule has 1 N–H and O–H groups in total. The summed E-state index contributed by atoms with van der Waals surface area (Å²) in [6.45, 7) is -0.104. The number of benzene rings is 2. The van der Waals surface area contributed by atoms with Crippen LogP contribution < -0.4 is 5.32 Å². The van der Waals surface area contributed by atoms with E-state index < -0.39 is 5.97 Å². The first kappa shape index (κ1) is 22.3. The molecule has 0 atom stereocenters. The summed E-state index contributed by atoms with van der Waals surface area (Å²) < 4.78 is 5.45. The van der Waals surface area contributed by atoms with Gasteiger partial charge < -0.3 is 10.1 Å². The van der Waals surface area contributed by atoms with Crippen LogP contribution in [0, 0.1) is 0 Å². The molecule has 0 saturated heterocycles. The summed E-state index contributed by atoms with van der Waals surface area (Å²) in [5, 5.41) is 6.09. The van der Waals surface area contributed by atoms with Crippen LogP contribution >= 0.6 is 22.9 Å². The standard InChI is InChI=1S/C27H21ClN2O3S/c28-22-9-3-1-6-18(22)15-29-24(31)16-33-27(32)25-20-8-2-4-10-23(20)30-26-17(11-12-21(25)26)14-19-7-5-13-34-19/h1-10,13-14H,11-12,15-16H2,(H,29,31)/b17-14-. The molecule has 0 unspecified atom stereocenters. The zero-order valence-corrected chi connectivity index (χ0v) is 19.8. The number of carbonyl (C=O) groups excluding carboxylic acids is 2. The van der Waals surface area contributed by atoms with E-state index in [0.717, 1.165) is 44.6 Å². The molecule has 1 amide bonds. The number of amides is 1. The average Bonchev–Trinajstić information content (AvgIpc) is 3.51. The summed E-state index contributed by atoms with van der Waals surface area (Å²) in [6.07, 6.45) is 3.64. The first-order chi connectivity index (χ1) is 16.6. The molecule has 7 heteroatoms. The van der Waals surface area contributed by atoms with E-state index in [-0.39, 0.29) is 19.1 Å². The second-order valence-electron chi connectivity index (χ2n) is 7.96. The second kappa shape index (κ2) is 9.79. The number of thiophene rings is 1. The van der Waals surface area contributed by atoms with Crippen LogP contribution in [0.25, 0.3) is 22.6 Å². The molecular formula is C27H21ClN2O3S. The normalized spacial score (nSPS) is 13.7. The maximum Gasteiger partial charge on any atom is 0.339 e. The molecule has 2 aromatic carbocycles. The number of ether oxygens (including phenoxy) is 1. The quantitative estimate of drug-likeness (QED) is 0.342. The van der Waals surface area contributed by atoms with Crippen molar-refractivity contribution in [2.75, 3.05) is 6.61 Å². The van der Waals surface area contributed by atoms with Crippen LogP contribution in [0.2, 0.25) is 5.02 Å². The third-order valence-electron chi connectivity index (χ3n) is 5.77. The number of hydrogen-bond donors (Lipinski definition) is 1. The van der Waals surface area contributed by atoms with E-state index in [1.807, 2.05) is 53.9 Å². The van der Waals surface area contributed by atoms with E-state index in [9.17, 15) is 9.59 Å². The fraction of sp³-hybridized carbons (Fsp3) is 0.148. The van der Waals surface area contributed by atoms with E-state index in [2.05, 4.69) is 17.5 Å². The summed E-state index contributed by atoms with van der Waals surface area (Å²) in [5.74, 6) is -0.901. The summed E-state index contributed by atoms with van der Waals surface area (Å²) in [7, 11) is 0. The molecule has 170 valence electrons. The third-order valence-corrected chi connectivity index (χ3v) is 6.96. The lowest BCUT2D eigenvalue weighted by atomic mass is 10.0. The van der Waals surface area contributed by atoms with Gasteiger partial charge >= 0.3 is 5.97 Å². The molecule has 0 fully saturated rings. The van der Waals surface area contributed by atoms with Gasteiger partial charge in [-0.2, -0.15) is 0 Å². The molecule has 0 radical (unpaired) electrons. The minimum absolute atomic E-state index is 0.264. The molecule has 0 bridgehead atoms. The number of allylic oxidation sites excluding steroid dienone is 1. The summed E-state index contributed by atoms with van der Waals surface area (Å²) in [6, 6.07) is 18.9. The topological polar surface area (TPSA) is 68.3 Å². The van der Waals surface area contributed by atoms with Crippen LogP contribution in [-0.4, -0.2) is 23.5 Å². The lowest BCUT2D eigenvalue weighted by Crippen LogP contribution is -2.28. The number of rotatable bonds is 6. The van der Waals surface area contributed by atoms with Gasteiger partial charge in [-0.3, -0.25) is 4.79 Å². The van der Waals surface area contributed by atoms with Gasteiger partial charge in [0.25, 0.3) is 5.91 Å². The van der Waals surface area contributed by atoms with Crippen LogP contribution in [0.5, 0.6) is 0 Å². The van der Waals surface area contributed by atoms with Crippen LogP contribution in [-0.2, 0) is 22.5 Å². The monoisotopic (exact) mass is 488 g/mol. The van der Waals surface area contributed by atoms with Crippen LogP contribution in [0.3, 0.4) is 0 Å². The molecule has 34 heavy (non-hydrogen) atoms. The first-order valence-electron chi connectivity index (χ1n) is 10.9. The number of para-hydroxylation sites is 1. The zero-order chi connectivity index (χ0) is 23.5. The molecule has 2 aromatic heterocycles. The predicted molar refractivity (Wildman–Crippen MR) is 136 cm³/mol. The number of pyridine rings is 1. The zero-order valence-electron chi connectivity index (χ0n) is 18.2. The van der Waals surface area contributed by atoms with Gasteiger partial charge in [-0.15, -0.1) is 11.3 Å². The van der Waals surface area contributed by atoms with Crippen molar-refractivity contribution >= 4 is 57.4 Å². The van der Waals surface area contributed by atoms with Crippen LogP contribution in [0.1, 0.15) is 38.5 Å². The second-order valence-corrected chi connectivity index (χ2v) is 9.35. The summed E-state index contributed by atoms with van der Waals surface area (Å²) in [5.41, 5.74) is 4.84. The van der Waals surface area contributed by atoms with Crippen molar-refractivity contribution in [3.8, 4) is 0 Å². The molecule has 0 aliphatic heterocycles. The number of nitrogens with zero attached hydrogens (tertiary/aromatic N) is 1. The highest BCUT2D eigenvalue weighted by Gasteiger charge is 2.28. The van der Waals surface area contributed by atoms with Crippen molar-refractivity contribution in [2.24, 2.45) is 0 Å². The van der Waals surface area contributed by atoms with E-state index in [0.29, 0.717) is 17.0 Å². The Morgan fingerprint density at radius 1 is 1.06 bits per heavy atom. The molecule has 0 saturated carbocycles. The first-order valence-corrected chi connectivity index (χ1v) is 12.2. The summed E-state index contributed by atoms with van der Waals surface area (Å²) in [4.78, 5) is 31.6. The minimum Gasteiger partial charge on any atom is -0.452 e. The van der Waals surface area contributed by atoms with Gasteiger partial charge in [-0.1, -0.05) is 54.1 Å². The molecular weight excluding hydrogens is 468 g/mol. The van der Waals surface area contributed by atoms with Gasteiger partial charge in [0.05, 0.1) is 16.8 Å². The third kappa shape index (κ3) is 4.60. The van der Waals surface area contributed by atoms with Crippen molar-refractivity contribution in [3.63, 3.8) is 0 Å². The molecule has 5 nitrogen and oxygen atoms in total. The Kier molecular flexibility index (Phi) is 6.43. The van der Waals surface area contributed by atoms with Gasteiger partial charge in [0.2, 0.25) is 0 Å². The smallest absolute Gasteiger partial charge is 0.339 e. The van der Waals surface area contributed by atoms with Crippen molar-refractivity contribution in [1.29, 1.82) is 0 Å². The van der Waals surface area contributed by atoms with Crippen molar-refractivity contribution in [3.05, 3.63) is 98.3 Å². The fourth-order valence-corrected chi connectivity index (χ4v) is 5.03. The number of esters is 1. The summed E-state index contributed by atoms with van der Waals surface area (Å²) >= 11 is 7.80. The fourth-order valence-electron chi connectivity index (χ4n) is 4.15. The van der Waals surface area contributed by atoms with E-state index >= 15 is 0 Å². The van der Waals surface area contributed by atoms with Crippen LogP contribution in [0.15, 0.2) is 66.0 Å². The largest absolute Gasteiger partial charge is 0.452 e. The maximum atomic E-state index is 13.2. The Bertz CT molecular complexity index is 1410. The highest BCUT2D eigenvalue weighted by molar-refractivity contribution is 7.10. The SMILES string of the molecule is O=C(COC(=O)c1c2c(nc3ccccc13)/C(=C\c1cccs1)CC2)NCc1ccccc1Cl. The highest BCUT2D eigenvalue weighted by atomic mass is 35.5. The minimum atomic E-state index is -0.514. The van der Waals surface area contributed by atoms with Crippen LogP contribution in [0.4, 0.5) is 0 Å². The van der Waals surface area contributed by atoms with E-state index in [4.69, 9.17) is 21.3 Å². The Morgan fingerprint density at radius 2 is 1.88 bits per heavy atom. The predicted octanol–water partition coefficient (Wildman–Crippen LogP) is 5.91.